The highest BCUT2D eigenvalue weighted by atomic mass is 19.2. The van der Waals surface area contributed by atoms with E-state index in [9.17, 15) is 13.2 Å². The summed E-state index contributed by atoms with van der Waals surface area (Å²) in [6, 6.07) is 5.75. The van der Waals surface area contributed by atoms with Gasteiger partial charge in [0.25, 0.3) is 0 Å². The summed E-state index contributed by atoms with van der Waals surface area (Å²) in [7, 11) is 0. The second-order valence-corrected chi connectivity index (χ2v) is 4.69. The topological polar surface area (TPSA) is 26.0 Å². The maximum atomic E-state index is 13.1. The smallest absolute Gasteiger partial charge is 0.194 e. The zero-order chi connectivity index (χ0) is 14.2. The fourth-order valence-electron chi connectivity index (χ4n) is 2.11. The zero-order valence-electron chi connectivity index (χ0n) is 10.7. The number of nitrogens with two attached hydrogens (primary N) is 1. The molecule has 0 aliphatic rings. The van der Waals surface area contributed by atoms with Crippen LogP contribution in [0.1, 0.15) is 22.3 Å². The standard InChI is InChI=1S/C15H14F3N/c1-8-3-10(4-9(2)15(8)19)5-11-6-12(16)14(18)13(17)7-11/h3-4,6-7H,5,19H2,1-2H3. The van der Waals surface area contributed by atoms with E-state index in [1.54, 1.807) is 0 Å². The molecule has 2 N–H and O–H groups in total. The van der Waals surface area contributed by atoms with Gasteiger partial charge in [0, 0.05) is 5.69 Å². The van der Waals surface area contributed by atoms with Gasteiger partial charge in [-0.3, -0.25) is 0 Å². The molecule has 0 unspecified atom stereocenters. The van der Waals surface area contributed by atoms with Crippen molar-refractivity contribution >= 4 is 5.69 Å². The minimum atomic E-state index is -1.44. The molecule has 100 valence electrons. The van der Waals surface area contributed by atoms with E-state index in [0.717, 1.165) is 28.8 Å². The molecular weight excluding hydrogens is 251 g/mol. The number of hydrogen-bond acceptors (Lipinski definition) is 1. The normalized spacial score (nSPS) is 10.8. The van der Waals surface area contributed by atoms with E-state index in [-0.39, 0.29) is 0 Å². The highest BCUT2D eigenvalue weighted by molar-refractivity contribution is 5.54. The van der Waals surface area contributed by atoms with Crippen molar-refractivity contribution in [3.63, 3.8) is 0 Å². The highest BCUT2D eigenvalue weighted by Gasteiger charge is 2.11. The van der Waals surface area contributed by atoms with Gasteiger partial charge in [0.15, 0.2) is 17.5 Å². The lowest BCUT2D eigenvalue weighted by Crippen LogP contribution is -1.99. The van der Waals surface area contributed by atoms with Crippen LogP contribution in [0.15, 0.2) is 24.3 Å². The second-order valence-electron chi connectivity index (χ2n) is 4.69. The average Bonchev–Trinajstić information content (AvgIpc) is 2.33. The molecule has 4 heteroatoms. The van der Waals surface area contributed by atoms with Gasteiger partial charge in [-0.1, -0.05) is 12.1 Å². The van der Waals surface area contributed by atoms with E-state index in [4.69, 9.17) is 5.73 Å². The SMILES string of the molecule is Cc1cc(Cc2cc(F)c(F)c(F)c2)cc(C)c1N. The second kappa shape index (κ2) is 4.96. The highest BCUT2D eigenvalue weighted by Crippen LogP contribution is 2.22. The van der Waals surface area contributed by atoms with Crippen LogP contribution in [0.3, 0.4) is 0 Å². The predicted molar refractivity (Wildman–Crippen MR) is 69.5 cm³/mol. The Morgan fingerprint density at radius 1 is 0.842 bits per heavy atom. The predicted octanol–water partition coefficient (Wildman–Crippen LogP) is 3.89. The van der Waals surface area contributed by atoms with Crippen LogP contribution in [0, 0.1) is 31.3 Å². The van der Waals surface area contributed by atoms with Crippen LogP contribution in [-0.4, -0.2) is 0 Å². The van der Waals surface area contributed by atoms with Crippen molar-refractivity contribution in [2.75, 3.05) is 5.73 Å². The van der Waals surface area contributed by atoms with E-state index in [1.165, 1.54) is 0 Å². The lowest BCUT2D eigenvalue weighted by Gasteiger charge is -2.09. The molecule has 0 atom stereocenters. The van der Waals surface area contributed by atoms with Gasteiger partial charge in [0.2, 0.25) is 0 Å². The van der Waals surface area contributed by atoms with Crippen molar-refractivity contribution in [3.8, 4) is 0 Å². The number of rotatable bonds is 2. The lowest BCUT2D eigenvalue weighted by atomic mass is 9.99. The summed E-state index contributed by atoms with van der Waals surface area (Å²) >= 11 is 0. The average molecular weight is 265 g/mol. The summed E-state index contributed by atoms with van der Waals surface area (Å²) in [5.41, 5.74) is 9.65. The Morgan fingerprint density at radius 3 is 1.74 bits per heavy atom. The third kappa shape index (κ3) is 2.72. The quantitative estimate of drug-likeness (QED) is 0.647. The molecule has 2 aromatic carbocycles. The van der Waals surface area contributed by atoms with Crippen LogP contribution in [0.2, 0.25) is 0 Å². The largest absolute Gasteiger partial charge is 0.398 e. The molecule has 0 aliphatic heterocycles. The molecule has 19 heavy (non-hydrogen) atoms. The molecule has 0 fully saturated rings. The first kappa shape index (κ1) is 13.5. The van der Waals surface area contributed by atoms with Crippen LogP contribution in [0.25, 0.3) is 0 Å². The Balaban J connectivity index is 2.36. The summed E-state index contributed by atoms with van der Waals surface area (Å²) < 4.78 is 39.1. The number of nitrogen functional groups attached to an aromatic ring is 1. The third-order valence-electron chi connectivity index (χ3n) is 3.11. The molecule has 0 saturated heterocycles. The monoisotopic (exact) mass is 265 g/mol. The number of benzene rings is 2. The summed E-state index contributed by atoms with van der Waals surface area (Å²) in [4.78, 5) is 0. The molecule has 0 spiro atoms. The van der Waals surface area contributed by atoms with Crippen molar-refractivity contribution in [2.45, 2.75) is 20.3 Å². The Kier molecular flexibility index (Phi) is 3.51. The molecule has 1 nitrogen and oxygen atoms in total. The van der Waals surface area contributed by atoms with Crippen molar-refractivity contribution in [2.24, 2.45) is 0 Å². The Bertz CT molecular complexity index is 534. The van der Waals surface area contributed by atoms with Crippen LogP contribution in [0.4, 0.5) is 18.9 Å². The Labute approximate surface area is 109 Å². The molecule has 0 aliphatic carbocycles. The van der Waals surface area contributed by atoms with Gasteiger partial charge in [-0.25, -0.2) is 13.2 Å². The molecule has 0 saturated carbocycles. The van der Waals surface area contributed by atoms with Crippen molar-refractivity contribution in [3.05, 3.63) is 64.0 Å². The van der Waals surface area contributed by atoms with Crippen molar-refractivity contribution in [1.29, 1.82) is 0 Å². The maximum Gasteiger partial charge on any atom is 0.194 e. The molecule has 0 amide bonds. The molecular formula is C15H14F3N. The maximum absolute atomic E-state index is 13.1. The van der Waals surface area contributed by atoms with Crippen LogP contribution in [0.5, 0.6) is 0 Å². The van der Waals surface area contributed by atoms with E-state index in [0.29, 0.717) is 17.7 Å². The van der Waals surface area contributed by atoms with E-state index >= 15 is 0 Å². The van der Waals surface area contributed by atoms with E-state index in [2.05, 4.69) is 0 Å². The van der Waals surface area contributed by atoms with Crippen LogP contribution in [-0.2, 0) is 6.42 Å². The zero-order valence-corrected chi connectivity index (χ0v) is 10.7. The first-order valence-corrected chi connectivity index (χ1v) is 5.87. The first-order chi connectivity index (χ1) is 8.88. The molecule has 0 bridgehead atoms. The first-order valence-electron chi connectivity index (χ1n) is 5.87. The van der Waals surface area contributed by atoms with Gasteiger partial charge in [0.1, 0.15) is 0 Å². The summed E-state index contributed by atoms with van der Waals surface area (Å²) in [5.74, 6) is -3.77. The Hall–Kier alpha value is -1.97. The van der Waals surface area contributed by atoms with Gasteiger partial charge < -0.3 is 5.73 Å². The fraction of sp³-hybridized carbons (Fsp3) is 0.200. The minimum absolute atomic E-state index is 0.329. The Morgan fingerprint density at radius 2 is 1.26 bits per heavy atom. The molecule has 0 heterocycles. The van der Waals surface area contributed by atoms with Crippen LogP contribution < -0.4 is 5.73 Å². The molecule has 2 aromatic rings. The van der Waals surface area contributed by atoms with Gasteiger partial charge in [-0.15, -0.1) is 0 Å². The number of hydrogen-bond donors (Lipinski definition) is 1. The lowest BCUT2D eigenvalue weighted by molar-refractivity contribution is 0.445. The minimum Gasteiger partial charge on any atom is -0.398 e. The van der Waals surface area contributed by atoms with Crippen molar-refractivity contribution in [1.82, 2.24) is 0 Å². The molecule has 0 radical (unpaired) electrons. The van der Waals surface area contributed by atoms with Gasteiger partial charge in [0.05, 0.1) is 0 Å². The fourth-order valence-corrected chi connectivity index (χ4v) is 2.11. The van der Waals surface area contributed by atoms with Crippen LogP contribution >= 0.6 is 0 Å². The summed E-state index contributed by atoms with van der Waals surface area (Å²) in [6.07, 6.45) is 0.329. The van der Waals surface area contributed by atoms with Gasteiger partial charge >= 0.3 is 0 Å². The van der Waals surface area contributed by atoms with Crippen molar-refractivity contribution < 1.29 is 13.2 Å². The summed E-state index contributed by atoms with van der Waals surface area (Å²) in [5, 5.41) is 0. The number of anilines is 1. The summed E-state index contributed by atoms with van der Waals surface area (Å²) in [6.45, 7) is 3.75. The number of aryl methyl sites for hydroxylation is 2. The van der Waals surface area contributed by atoms with Gasteiger partial charge in [-0.2, -0.15) is 0 Å². The van der Waals surface area contributed by atoms with E-state index < -0.39 is 17.5 Å². The molecule has 0 aromatic heterocycles. The molecule has 2 rings (SSSR count). The van der Waals surface area contributed by atoms with E-state index in [1.807, 2.05) is 26.0 Å². The van der Waals surface area contributed by atoms with Gasteiger partial charge in [-0.05, 0) is 54.7 Å². The number of halogens is 3. The third-order valence-corrected chi connectivity index (χ3v) is 3.11.